The number of carbonyl (C=O) groups is 1. The van der Waals surface area contributed by atoms with Crippen molar-refractivity contribution in [1.82, 2.24) is 14.0 Å². The topological polar surface area (TPSA) is 74.9 Å². The lowest BCUT2D eigenvalue weighted by Crippen LogP contribution is -2.39. The number of aromatic nitrogens is 2. The number of likely N-dealkylation sites (tertiary alicyclic amines) is 1. The van der Waals surface area contributed by atoms with Crippen LogP contribution >= 0.6 is 0 Å². The first kappa shape index (κ1) is 25.4. The van der Waals surface area contributed by atoms with E-state index < -0.39 is 0 Å². The minimum Gasteiger partial charge on any atom is -0.492 e. The van der Waals surface area contributed by atoms with Crippen LogP contribution in [0.3, 0.4) is 0 Å². The summed E-state index contributed by atoms with van der Waals surface area (Å²) >= 11 is 0. The second-order valence-electron chi connectivity index (χ2n) is 9.02. The minimum absolute atomic E-state index is 0.150. The first-order chi connectivity index (χ1) is 18.6. The Hall–Kier alpha value is -4.30. The number of imidazole rings is 1. The molecule has 0 bridgehead atoms. The van der Waals surface area contributed by atoms with E-state index in [9.17, 15) is 9.59 Å². The molecule has 8 heteroatoms. The molecule has 3 aromatic carbocycles. The third-order valence-electron chi connectivity index (χ3n) is 6.56. The van der Waals surface area contributed by atoms with Gasteiger partial charge in [0.05, 0.1) is 18.0 Å². The van der Waals surface area contributed by atoms with Crippen LogP contribution in [0.2, 0.25) is 0 Å². The van der Waals surface area contributed by atoms with Gasteiger partial charge in [-0.05, 0) is 87.0 Å². The summed E-state index contributed by atoms with van der Waals surface area (Å²) in [4.78, 5) is 27.3. The first-order valence-corrected chi connectivity index (χ1v) is 12.9. The molecule has 38 heavy (non-hydrogen) atoms. The molecular formula is C30H31N3O5. The van der Waals surface area contributed by atoms with Gasteiger partial charge in [-0.25, -0.2) is 4.79 Å². The highest BCUT2D eigenvalue weighted by Crippen LogP contribution is 2.23. The molecule has 8 nitrogen and oxygen atoms in total. The Morgan fingerprint density at radius 3 is 2.08 bits per heavy atom. The van der Waals surface area contributed by atoms with Gasteiger partial charge >= 0.3 is 11.7 Å². The van der Waals surface area contributed by atoms with E-state index in [1.807, 2.05) is 85.8 Å². The molecule has 1 aliphatic heterocycles. The van der Waals surface area contributed by atoms with Crippen LogP contribution in [0.25, 0.3) is 11.4 Å². The number of ether oxygens (including phenoxy) is 3. The Labute approximate surface area is 221 Å². The highest BCUT2D eigenvalue weighted by atomic mass is 16.5. The highest BCUT2D eigenvalue weighted by Gasteiger charge is 2.31. The number of para-hydroxylation sites is 1. The zero-order valence-corrected chi connectivity index (χ0v) is 21.4. The van der Waals surface area contributed by atoms with Crippen LogP contribution in [0.1, 0.15) is 19.8 Å². The summed E-state index contributed by atoms with van der Waals surface area (Å²) in [7, 11) is 0. The number of nitrogens with zero attached hydrogens (tertiary/aromatic N) is 3. The van der Waals surface area contributed by atoms with E-state index in [0.717, 1.165) is 36.5 Å². The van der Waals surface area contributed by atoms with E-state index in [-0.39, 0.29) is 17.7 Å². The van der Waals surface area contributed by atoms with Gasteiger partial charge in [0.2, 0.25) is 0 Å². The van der Waals surface area contributed by atoms with Gasteiger partial charge in [-0.2, -0.15) is 0 Å². The quantitative estimate of drug-likeness (QED) is 0.283. The van der Waals surface area contributed by atoms with Crippen LogP contribution < -0.4 is 15.2 Å². The largest absolute Gasteiger partial charge is 0.492 e. The Morgan fingerprint density at radius 2 is 1.45 bits per heavy atom. The smallest absolute Gasteiger partial charge is 0.337 e. The number of benzene rings is 3. The Balaban J connectivity index is 1.19. The zero-order chi connectivity index (χ0) is 26.3. The SMILES string of the molecule is CCOC(=O)C1CCCN1CCOc1ccc(-n2ccn(-c3ccc(Oc4ccccc4)cc3)c2=O)cc1. The molecule has 5 rings (SSSR count). The molecule has 1 aromatic heterocycles. The number of hydrogen-bond acceptors (Lipinski definition) is 6. The summed E-state index contributed by atoms with van der Waals surface area (Å²) in [6.07, 6.45) is 5.30. The second-order valence-corrected chi connectivity index (χ2v) is 9.02. The van der Waals surface area contributed by atoms with Crippen LogP contribution in [-0.4, -0.2) is 52.3 Å². The fourth-order valence-electron chi connectivity index (χ4n) is 4.65. The maximum Gasteiger partial charge on any atom is 0.337 e. The Kier molecular flexibility index (Phi) is 7.89. The maximum absolute atomic E-state index is 13.1. The third-order valence-corrected chi connectivity index (χ3v) is 6.56. The van der Waals surface area contributed by atoms with Gasteiger partial charge in [0.15, 0.2) is 0 Å². The van der Waals surface area contributed by atoms with E-state index >= 15 is 0 Å². The van der Waals surface area contributed by atoms with Gasteiger partial charge in [-0.15, -0.1) is 0 Å². The van der Waals surface area contributed by atoms with Crippen molar-refractivity contribution in [2.45, 2.75) is 25.8 Å². The predicted octanol–water partition coefficient (Wildman–Crippen LogP) is 4.83. The average molecular weight is 514 g/mol. The fourth-order valence-corrected chi connectivity index (χ4v) is 4.65. The first-order valence-electron chi connectivity index (χ1n) is 12.9. The van der Waals surface area contributed by atoms with E-state index in [1.54, 1.807) is 21.5 Å². The standard InChI is InChI=1S/C30H31N3O5/c1-2-36-29(34)28-9-6-18-31(28)21-22-37-25-14-10-23(11-15-25)32-19-20-33(30(32)35)24-12-16-27(17-13-24)38-26-7-4-3-5-8-26/h3-5,7-8,10-17,19-20,28H,2,6,9,18,21-22H2,1H3. The van der Waals surface area contributed by atoms with Crippen LogP contribution in [0.5, 0.6) is 17.2 Å². The van der Waals surface area contributed by atoms with E-state index in [1.165, 1.54) is 0 Å². The number of hydrogen-bond donors (Lipinski definition) is 0. The molecule has 0 aliphatic carbocycles. The second kappa shape index (κ2) is 11.8. The molecule has 0 radical (unpaired) electrons. The van der Waals surface area contributed by atoms with Crippen molar-refractivity contribution in [3.05, 3.63) is 102 Å². The lowest BCUT2D eigenvalue weighted by atomic mass is 10.2. The summed E-state index contributed by atoms with van der Waals surface area (Å²) in [5.74, 6) is 2.02. The molecule has 1 unspecified atom stereocenters. The Morgan fingerprint density at radius 1 is 0.842 bits per heavy atom. The molecule has 1 aliphatic rings. The molecule has 4 aromatic rings. The van der Waals surface area contributed by atoms with Gasteiger partial charge in [-0.3, -0.25) is 18.8 Å². The lowest BCUT2D eigenvalue weighted by molar-refractivity contribution is -0.148. The molecule has 1 atom stereocenters. The summed E-state index contributed by atoms with van der Waals surface area (Å²) in [5.41, 5.74) is 1.32. The molecular weight excluding hydrogens is 482 g/mol. The van der Waals surface area contributed by atoms with Gasteiger partial charge in [0.1, 0.15) is 29.9 Å². The normalized spacial score (nSPS) is 15.3. The summed E-state index contributed by atoms with van der Waals surface area (Å²) in [6.45, 7) is 4.22. The number of esters is 1. The zero-order valence-electron chi connectivity index (χ0n) is 21.4. The van der Waals surface area contributed by atoms with Crippen molar-refractivity contribution in [2.24, 2.45) is 0 Å². The van der Waals surface area contributed by atoms with Crippen LogP contribution in [0.4, 0.5) is 0 Å². The van der Waals surface area contributed by atoms with Gasteiger partial charge in [0.25, 0.3) is 0 Å². The van der Waals surface area contributed by atoms with Crippen molar-refractivity contribution < 1.29 is 19.0 Å². The van der Waals surface area contributed by atoms with E-state index in [4.69, 9.17) is 14.2 Å². The Bertz CT molecular complexity index is 1390. The van der Waals surface area contributed by atoms with Crippen molar-refractivity contribution >= 4 is 5.97 Å². The monoisotopic (exact) mass is 513 g/mol. The van der Waals surface area contributed by atoms with E-state index in [0.29, 0.717) is 31.3 Å². The summed E-state index contributed by atoms with van der Waals surface area (Å²) in [5, 5.41) is 0. The van der Waals surface area contributed by atoms with Crippen molar-refractivity contribution in [3.8, 4) is 28.6 Å². The van der Waals surface area contributed by atoms with Crippen molar-refractivity contribution in [3.63, 3.8) is 0 Å². The van der Waals surface area contributed by atoms with Gasteiger partial charge in [-0.1, -0.05) is 18.2 Å². The molecule has 0 N–H and O–H groups in total. The van der Waals surface area contributed by atoms with Crippen LogP contribution in [0, 0.1) is 0 Å². The minimum atomic E-state index is -0.176. The maximum atomic E-state index is 13.1. The summed E-state index contributed by atoms with van der Waals surface area (Å²) < 4.78 is 20.1. The number of rotatable bonds is 10. The highest BCUT2D eigenvalue weighted by molar-refractivity contribution is 5.76. The van der Waals surface area contributed by atoms with Crippen molar-refractivity contribution in [2.75, 3.05) is 26.3 Å². The average Bonchev–Trinajstić information content (AvgIpc) is 3.57. The van der Waals surface area contributed by atoms with E-state index in [2.05, 4.69) is 4.90 Å². The molecule has 0 spiro atoms. The van der Waals surface area contributed by atoms with Gasteiger partial charge in [0, 0.05) is 18.9 Å². The molecule has 1 saturated heterocycles. The van der Waals surface area contributed by atoms with Crippen LogP contribution in [-0.2, 0) is 9.53 Å². The van der Waals surface area contributed by atoms with Crippen LogP contribution in [0.15, 0.2) is 96.1 Å². The molecule has 0 saturated carbocycles. The molecule has 1 fully saturated rings. The van der Waals surface area contributed by atoms with Crippen molar-refractivity contribution in [1.29, 1.82) is 0 Å². The molecule has 196 valence electrons. The van der Waals surface area contributed by atoms with Gasteiger partial charge < -0.3 is 14.2 Å². The summed E-state index contributed by atoms with van der Waals surface area (Å²) in [6, 6.07) is 24.2. The number of carbonyl (C=O) groups excluding carboxylic acids is 1. The third kappa shape index (κ3) is 5.81. The predicted molar refractivity (Wildman–Crippen MR) is 145 cm³/mol. The molecule has 2 heterocycles. The molecule has 0 amide bonds. The lowest BCUT2D eigenvalue weighted by Gasteiger charge is -2.22. The fraction of sp³-hybridized carbons (Fsp3) is 0.267.